The number of hydrogen-bond donors (Lipinski definition) is 2. The van der Waals surface area contributed by atoms with Crippen LogP contribution >= 0.6 is 0 Å². The molecule has 3 saturated heterocycles. The van der Waals surface area contributed by atoms with Crippen LogP contribution in [0.4, 0.5) is 25.4 Å². The molecule has 3 heterocycles. The summed E-state index contributed by atoms with van der Waals surface area (Å²) in [6.07, 6.45) is -1.09. The van der Waals surface area contributed by atoms with Crippen molar-refractivity contribution >= 4 is 29.4 Å². The molecular formula is C22H32FN7O5. The molecule has 3 aliphatic heterocycles. The molecule has 3 aliphatic rings. The monoisotopic (exact) mass is 493 g/mol. The summed E-state index contributed by atoms with van der Waals surface area (Å²) < 4.78 is 20.3. The molecule has 1 atom stereocenters. The van der Waals surface area contributed by atoms with Crippen LogP contribution in [0.3, 0.4) is 0 Å². The van der Waals surface area contributed by atoms with E-state index in [1.54, 1.807) is 12.1 Å². The number of urea groups is 1. The fraction of sp³-hybridized carbons (Fsp3) is 0.591. The maximum atomic E-state index is 15.1. The van der Waals surface area contributed by atoms with E-state index in [-0.39, 0.29) is 38.2 Å². The smallest absolute Gasteiger partial charge is 0.414 e. The molecule has 0 bridgehead atoms. The number of anilines is 2. The molecule has 4 rings (SSSR count). The number of piperazine rings is 1. The van der Waals surface area contributed by atoms with Crippen molar-refractivity contribution in [1.29, 1.82) is 0 Å². The Morgan fingerprint density at radius 1 is 1.11 bits per heavy atom. The van der Waals surface area contributed by atoms with E-state index in [1.807, 2.05) is 17.0 Å². The number of cyclic esters (lactones) is 1. The van der Waals surface area contributed by atoms with Crippen molar-refractivity contribution < 1.29 is 28.3 Å². The molecule has 0 radical (unpaired) electrons. The highest BCUT2D eigenvalue weighted by Gasteiger charge is 2.33. The van der Waals surface area contributed by atoms with Gasteiger partial charge in [0, 0.05) is 46.2 Å². The molecule has 0 saturated carbocycles. The number of nitrogens with one attached hydrogen (secondary N) is 2. The second-order valence-corrected chi connectivity index (χ2v) is 8.82. The van der Waals surface area contributed by atoms with Crippen LogP contribution in [-0.4, -0.2) is 112 Å². The Hall–Kier alpha value is -3.16. The van der Waals surface area contributed by atoms with Crippen LogP contribution < -0.4 is 20.5 Å². The van der Waals surface area contributed by atoms with Crippen molar-refractivity contribution in [2.24, 2.45) is 0 Å². The first-order chi connectivity index (χ1) is 16.8. The topological polar surface area (TPSA) is 110 Å². The van der Waals surface area contributed by atoms with Gasteiger partial charge in [0.25, 0.3) is 0 Å². The highest BCUT2D eigenvalue weighted by Crippen LogP contribution is 2.28. The zero-order chi connectivity index (χ0) is 24.9. The lowest BCUT2D eigenvalue weighted by Crippen LogP contribution is -2.55. The third-order valence-corrected chi connectivity index (χ3v) is 6.20. The summed E-state index contributed by atoms with van der Waals surface area (Å²) in [5.41, 5.74) is 3.61. The van der Waals surface area contributed by atoms with Gasteiger partial charge >= 0.3 is 12.1 Å². The van der Waals surface area contributed by atoms with Gasteiger partial charge in [-0.2, -0.15) is 0 Å². The molecule has 3 fully saturated rings. The van der Waals surface area contributed by atoms with E-state index in [0.717, 1.165) is 26.2 Å². The molecule has 4 amide bonds. The van der Waals surface area contributed by atoms with Crippen molar-refractivity contribution in [3.05, 3.63) is 24.0 Å². The number of likely N-dealkylation sites (N-methyl/N-ethyl adjacent to an activating group) is 1. The Morgan fingerprint density at radius 3 is 2.60 bits per heavy atom. The van der Waals surface area contributed by atoms with E-state index in [4.69, 9.17) is 9.57 Å². The zero-order valence-electron chi connectivity index (χ0n) is 20.0. The van der Waals surface area contributed by atoms with Crippen LogP contribution in [0.2, 0.25) is 0 Å². The summed E-state index contributed by atoms with van der Waals surface area (Å²) in [6.45, 7) is 6.29. The van der Waals surface area contributed by atoms with Crippen LogP contribution in [0, 0.1) is 5.82 Å². The highest BCUT2D eigenvalue weighted by molar-refractivity contribution is 5.90. The number of hydrazine groups is 1. The number of ether oxygens (including phenoxy) is 1. The van der Waals surface area contributed by atoms with Crippen molar-refractivity contribution in [3.63, 3.8) is 0 Å². The number of hydrogen-bond acceptors (Lipinski definition) is 8. The number of carbonyl (C=O) groups excluding carboxylic acids is 3. The number of amides is 4. The molecule has 1 aromatic carbocycles. The standard InChI is InChI=1S/C22H32FN7O5/c1-16(31)24-14-18-15-29(22(33)35-18)17-3-4-20(19(23)13-17)27-7-10-30(34-12-11-27)21(32)25-28-8-5-26(2)6-9-28/h3-4,13,18H,5-12,14-15H2,1-2H3,(H,24,31)(H,25,32)/t18-/m0/s1. The number of benzene rings is 1. The lowest BCUT2D eigenvalue weighted by atomic mass is 10.2. The van der Waals surface area contributed by atoms with Gasteiger partial charge in [0.1, 0.15) is 11.9 Å². The quantitative estimate of drug-likeness (QED) is 0.599. The number of halogens is 1. The molecule has 13 heteroatoms. The molecule has 0 aliphatic carbocycles. The molecule has 0 unspecified atom stereocenters. The van der Waals surface area contributed by atoms with E-state index in [9.17, 15) is 14.4 Å². The van der Waals surface area contributed by atoms with Gasteiger partial charge in [-0.25, -0.2) is 24.1 Å². The van der Waals surface area contributed by atoms with Gasteiger partial charge in [0.2, 0.25) is 5.91 Å². The van der Waals surface area contributed by atoms with E-state index in [0.29, 0.717) is 24.5 Å². The van der Waals surface area contributed by atoms with Gasteiger partial charge < -0.3 is 19.9 Å². The maximum Gasteiger partial charge on any atom is 0.414 e. The van der Waals surface area contributed by atoms with Gasteiger partial charge in [-0.1, -0.05) is 0 Å². The van der Waals surface area contributed by atoms with Crippen molar-refractivity contribution in [2.75, 3.05) is 82.4 Å². The van der Waals surface area contributed by atoms with Gasteiger partial charge in [-0.05, 0) is 25.2 Å². The fourth-order valence-electron chi connectivity index (χ4n) is 4.18. The molecular weight excluding hydrogens is 461 g/mol. The average molecular weight is 494 g/mol. The molecule has 192 valence electrons. The summed E-state index contributed by atoms with van der Waals surface area (Å²) in [7, 11) is 2.04. The largest absolute Gasteiger partial charge is 0.442 e. The Morgan fingerprint density at radius 2 is 1.89 bits per heavy atom. The lowest BCUT2D eigenvalue weighted by Gasteiger charge is -2.33. The molecule has 12 nitrogen and oxygen atoms in total. The Labute approximate surface area is 203 Å². The zero-order valence-corrected chi connectivity index (χ0v) is 20.0. The molecule has 1 aromatic rings. The summed E-state index contributed by atoms with van der Waals surface area (Å²) in [4.78, 5) is 46.9. The van der Waals surface area contributed by atoms with Gasteiger partial charge in [0.05, 0.1) is 37.6 Å². The average Bonchev–Trinajstić information content (AvgIpc) is 3.03. The molecule has 0 spiro atoms. The lowest BCUT2D eigenvalue weighted by molar-refractivity contribution is -0.119. The van der Waals surface area contributed by atoms with Crippen LogP contribution in [-0.2, 0) is 14.4 Å². The normalized spacial score (nSPS) is 22.1. The van der Waals surface area contributed by atoms with Gasteiger partial charge in [-0.3, -0.25) is 20.0 Å². The van der Waals surface area contributed by atoms with E-state index in [2.05, 4.69) is 15.6 Å². The second kappa shape index (κ2) is 11.1. The molecule has 35 heavy (non-hydrogen) atoms. The third-order valence-electron chi connectivity index (χ3n) is 6.20. The highest BCUT2D eigenvalue weighted by atomic mass is 19.1. The Kier molecular flexibility index (Phi) is 7.88. The van der Waals surface area contributed by atoms with Crippen molar-refractivity contribution in [3.8, 4) is 0 Å². The number of rotatable bonds is 5. The first-order valence-electron chi connectivity index (χ1n) is 11.7. The number of nitrogens with zero attached hydrogens (tertiary/aromatic N) is 5. The number of carbonyl (C=O) groups is 3. The summed E-state index contributed by atoms with van der Waals surface area (Å²) >= 11 is 0. The van der Waals surface area contributed by atoms with E-state index >= 15 is 4.39 Å². The first-order valence-corrected chi connectivity index (χ1v) is 11.7. The second-order valence-electron chi connectivity index (χ2n) is 8.82. The summed E-state index contributed by atoms with van der Waals surface area (Å²) in [6, 6.07) is 4.22. The summed E-state index contributed by atoms with van der Waals surface area (Å²) in [5, 5.41) is 5.76. The Balaban J connectivity index is 1.33. The Bertz CT molecular complexity index is 943. The maximum absolute atomic E-state index is 15.1. The SMILES string of the molecule is CC(=O)NC[C@H]1CN(c2ccc(N3CCON(C(=O)NN4CCN(C)CC4)CC3)c(F)c2)C(=O)O1. The van der Waals surface area contributed by atoms with Crippen LogP contribution in [0.5, 0.6) is 0 Å². The minimum atomic E-state index is -0.585. The predicted molar refractivity (Wildman–Crippen MR) is 125 cm³/mol. The van der Waals surface area contributed by atoms with Gasteiger partial charge in [-0.15, -0.1) is 0 Å². The minimum Gasteiger partial charge on any atom is -0.442 e. The third kappa shape index (κ3) is 6.29. The predicted octanol–water partition coefficient (Wildman–Crippen LogP) is 0.213. The first kappa shape index (κ1) is 24.9. The van der Waals surface area contributed by atoms with Crippen LogP contribution in [0.1, 0.15) is 6.92 Å². The van der Waals surface area contributed by atoms with E-state index in [1.165, 1.54) is 23.0 Å². The van der Waals surface area contributed by atoms with E-state index < -0.39 is 18.0 Å². The molecule has 2 N–H and O–H groups in total. The van der Waals surface area contributed by atoms with Crippen LogP contribution in [0.15, 0.2) is 18.2 Å². The minimum absolute atomic E-state index is 0.199. The summed E-state index contributed by atoms with van der Waals surface area (Å²) in [5.74, 6) is -0.706. The van der Waals surface area contributed by atoms with Crippen LogP contribution in [0.25, 0.3) is 0 Å². The fourth-order valence-corrected chi connectivity index (χ4v) is 4.18. The van der Waals surface area contributed by atoms with Gasteiger partial charge in [0.15, 0.2) is 0 Å². The molecule has 0 aromatic heterocycles. The number of hydroxylamine groups is 2. The van der Waals surface area contributed by atoms with Crippen molar-refractivity contribution in [1.82, 2.24) is 25.7 Å². The van der Waals surface area contributed by atoms with Crippen molar-refractivity contribution in [2.45, 2.75) is 13.0 Å².